The van der Waals surface area contributed by atoms with Crippen LogP contribution in [0, 0.1) is 0 Å². The molecule has 0 aromatic heterocycles. The lowest BCUT2D eigenvalue weighted by molar-refractivity contribution is 0.666. The second kappa shape index (κ2) is 14.4. The number of para-hydroxylation sites is 2. The van der Waals surface area contributed by atoms with Crippen LogP contribution in [-0.4, -0.2) is 13.1 Å². The maximum atomic E-state index is 2.54. The van der Waals surface area contributed by atoms with Gasteiger partial charge in [0.2, 0.25) is 0 Å². The standard InChI is InChI=1S/C42H44N2S2/c1-3-5-7-13-27-43-35-15-9-11-17-39(35)45-41-29-33(23-25-37(41)43)31-19-21-32(22-20-31)34-24-26-38-42(30-34)46-40-18-12-10-16-36(40)44(38)28-14-8-6-4-2/h9-12,15-26,29-30H,3-8,13-14,27-28H2,1-2H3. The second-order valence-corrected chi connectivity index (χ2v) is 14.7. The third kappa shape index (κ3) is 6.48. The molecule has 0 saturated heterocycles. The van der Waals surface area contributed by atoms with Gasteiger partial charge in [-0.2, -0.15) is 0 Å². The van der Waals surface area contributed by atoms with Crippen molar-refractivity contribution >= 4 is 46.3 Å². The van der Waals surface area contributed by atoms with Crippen LogP contribution in [0.2, 0.25) is 0 Å². The summed E-state index contributed by atoms with van der Waals surface area (Å²) < 4.78 is 0. The molecule has 0 bridgehead atoms. The average molecular weight is 641 g/mol. The Kier molecular flexibility index (Phi) is 9.74. The maximum Gasteiger partial charge on any atom is 0.0553 e. The molecule has 0 fully saturated rings. The Bertz CT molecular complexity index is 1660. The zero-order valence-corrected chi connectivity index (χ0v) is 28.8. The molecule has 0 aliphatic carbocycles. The van der Waals surface area contributed by atoms with Crippen molar-refractivity contribution in [3.05, 3.63) is 109 Å². The van der Waals surface area contributed by atoms with Crippen LogP contribution in [0.25, 0.3) is 22.3 Å². The Morgan fingerprint density at radius 1 is 0.391 bits per heavy atom. The molecule has 2 heterocycles. The minimum Gasteiger partial charge on any atom is -0.340 e. The number of benzene rings is 5. The van der Waals surface area contributed by atoms with E-state index in [2.05, 4.69) is 133 Å². The summed E-state index contributed by atoms with van der Waals surface area (Å²) >= 11 is 3.81. The molecule has 0 spiro atoms. The van der Waals surface area contributed by atoms with Crippen LogP contribution in [0.3, 0.4) is 0 Å². The first-order chi connectivity index (χ1) is 22.7. The SMILES string of the molecule is CCCCCCN1c2ccccc2Sc2cc(-c3ccc(-c4ccc5c(c4)Sc4ccccc4N5CCCCCC)cc3)ccc21. The Labute approximate surface area is 284 Å². The van der Waals surface area contributed by atoms with E-state index in [9.17, 15) is 0 Å². The van der Waals surface area contributed by atoms with Gasteiger partial charge in [-0.1, -0.05) is 137 Å². The lowest BCUT2D eigenvalue weighted by Crippen LogP contribution is -2.22. The van der Waals surface area contributed by atoms with Gasteiger partial charge in [0.1, 0.15) is 0 Å². The molecule has 0 unspecified atom stereocenters. The Morgan fingerprint density at radius 2 is 0.783 bits per heavy atom. The van der Waals surface area contributed by atoms with Crippen molar-refractivity contribution < 1.29 is 0 Å². The molecule has 2 aliphatic heterocycles. The number of hydrogen-bond acceptors (Lipinski definition) is 4. The summed E-state index contributed by atoms with van der Waals surface area (Å²) in [6.45, 7) is 6.70. The highest BCUT2D eigenvalue weighted by atomic mass is 32.2. The number of unbranched alkanes of at least 4 members (excludes halogenated alkanes) is 6. The molecule has 5 aromatic carbocycles. The lowest BCUT2D eigenvalue weighted by Gasteiger charge is -2.33. The summed E-state index contributed by atoms with van der Waals surface area (Å²) in [5, 5.41) is 0. The first-order valence-corrected chi connectivity index (χ1v) is 18.8. The van der Waals surface area contributed by atoms with E-state index in [0.29, 0.717) is 0 Å². The summed E-state index contributed by atoms with van der Waals surface area (Å²) in [4.78, 5) is 10.5. The second-order valence-electron chi connectivity index (χ2n) is 12.5. The summed E-state index contributed by atoms with van der Waals surface area (Å²) in [6.07, 6.45) is 10.2. The summed E-state index contributed by atoms with van der Waals surface area (Å²) in [6, 6.07) is 41.0. The third-order valence-electron chi connectivity index (χ3n) is 9.28. The first-order valence-electron chi connectivity index (χ1n) is 17.2. The number of anilines is 4. The number of nitrogens with zero attached hydrogens (tertiary/aromatic N) is 2. The molecular formula is C42H44N2S2. The first kappa shape index (κ1) is 31.0. The fraction of sp³-hybridized carbons (Fsp3) is 0.286. The monoisotopic (exact) mass is 640 g/mol. The zero-order chi connectivity index (χ0) is 31.3. The lowest BCUT2D eigenvalue weighted by atomic mass is 9.99. The summed E-state index contributed by atoms with van der Waals surface area (Å²) in [5.41, 5.74) is 10.5. The van der Waals surface area contributed by atoms with Gasteiger partial charge in [-0.05, 0) is 83.6 Å². The van der Waals surface area contributed by atoms with Crippen LogP contribution < -0.4 is 9.80 Å². The highest BCUT2D eigenvalue weighted by Crippen LogP contribution is 2.50. The van der Waals surface area contributed by atoms with E-state index in [1.807, 2.05) is 23.5 Å². The summed E-state index contributed by atoms with van der Waals surface area (Å²) in [5.74, 6) is 0. The van der Waals surface area contributed by atoms with Gasteiger partial charge >= 0.3 is 0 Å². The van der Waals surface area contributed by atoms with Crippen molar-refractivity contribution in [2.75, 3.05) is 22.9 Å². The van der Waals surface area contributed by atoms with Crippen molar-refractivity contribution in [2.24, 2.45) is 0 Å². The van der Waals surface area contributed by atoms with Crippen molar-refractivity contribution in [1.82, 2.24) is 0 Å². The van der Waals surface area contributed by atoms with E-state index in [-0.39, 0.29) is 0 Å². The van der Waals surface area contributed by atoms with E-state index in [4.69, 9.17) is 0 Å². The molecule has 7 rings (SSSR count). The van der Waals surface area contributed by atoms with Gasteiger partial charge in [0.25, 0.3) is 0 Å². The van der Waals surface area contributed by atoms with Gasteiger partial charge in [-0.3, -0.25) is 0 Å². The number of rotatable bonds is 12. The van der Waals surface area contributed by atoms with Crippen molar-refractivity contribution in [3.8, 4) is 22.3 Å². The normalized spacial score (nSPS) is 13.2. The van der Waals surface area contributed by atoms with E-state index < -0.39 is 0 Å². The molecular weight excluding hydrogens is 597 g/mol. The quantitative estimate of drug-likeness (QED) is 0.125. The van der Waals surface area contributed by atoms with Gasteiger partial charge in [0.15, 0.2) is 0 Å². The van der Waals surface area contributed by atoms with Crippen molar-refractivity contribution in [3.63, 3.8) is 0 Å². The van der Waals surface area contributed by atoms with Gasteiger partial charge in [0, 0.05) is 32.7 Å². The number of hydrogen-bond donors (Lipinski definition) is 0. The van der Waals surface area contributed by atoms with E-state index in [0.717, 1.165) is 13.1 Å². The molecule has 0 amide bonds. The Balaban J connectivity index is 1.12. The molecule has 0 atom stereocenters. The fourth-order valence-electron chi connectivity index (χ4n) is 6.76. The van der Waals surface area contributed by atoms with Gasteiger partial charge < -0.3 is 9.80 Å². The van der Waals surface area contributed by atoms with Crippen LogP contribution in [-0.2, 0) is 0 Å². The molecule has 5 aromatic rings. The molecule has 4 heteroatoms. The van der Waals surface area contributed by atoms with Gasteiger partial charge in [-0.15, -0.1) is 0 Å². The molecule has 2 nitrogen and oxygen atoms in total. The maximum absolute atomic E-state index is 2.54. The Morgan fingerprint density at radius 3 is 1.22 bits per heavy atom. The topological polar surface area (TPSA) is 6.48 Å². The molecule has 2 aliphatic rings. The molecule has 234 valence electrons. The van der Waals surface area contributed by atoms with Crippen LogP contribution in [0.5, 0.6) is 0 Å². The third-order valence-corrected chi connectivity index (χ3v) is 11.5. The van der Waals surface area contributed by atoms with E-state index in [1.165, 1.54) is 116 Å². The predicted molar refractivity (Wildman–Crippen MR) is 201 cm³/mol. The highest BCUT2D eigenvalue weighted by molar-refractivity contribution is 8.00. The molecule has 0 N–H and O–H groups in total. The van der Waals surface area contributed by atoms with Crippen molar-refractivity contribution in [1.29, 1.82) is 0 Å². The van der Waals surface area contributed by atoms with Crippen LogP contribution >= 0.6 is 23.5 Å². The van der Waals surface area contributed by atoms with Crippen LogP contribution in [0.4, 0.5) is 22.7 Å². The largest absolute Gasteiger partial charge is 0.340 e. The fourth-order valence-corrected chi connectivity index (χ4v) is 9.03. The Hall–Kier alpha value is -3.60. The molecule has 0 radical (unpaired) electrons. The smallest absolute Gasteiger partial charge is 0.0553 e. The molecule has 46 heavy (non-hydrogen) atoms. The van der Waals surface area contributed by atoms with Gasteiger partial charge in [-0.25, -0.2) is 0 Å². The summed E-state index contributed by atoms with van der Waals surface area (Å²) in [7, 11) is 0. The van der Waals surface area contributed by atoms with Crippen LogP contribution in [0.1, 0.15) is 65.2 Å². The van der Waals surface area contributed by atoms with E-state index in [1.54, 1.807) is 0 Å². The zero-order valence-electron chi connectivity index (χ0n) is 27.2. The minimum atomic E-state index is 1.07. The van der Waals surface area contributed by atoms with Gasteiger partial charge in [0.05, 0.1) is 22.7 Å². The van der Waals surface area contributed by atoms with E-state index >= 15 is 0 Å². The molecule has 0 saturated carbocycles. The average Bonchev–Trinajstić information content (AvgIpc) is 3.10. The highest BCUT2D eigenvalue weighted by Gasteiger charge is 2.25. The van der Waals surface area contributed by atoms with Crippen molar-refractivity contribution in [2.45, 2.75) is 84.8 Å². The predicted octanol–water partition coefficient (Wildman–Crippen LogP) is 13.4. The number of fused-ring (bicyclic) bond motifs is 4. The van der Waals surface area contributed by atoms with Crippen LogP contribution in [0.15, 0.2) is 129 Å². The minimum absolute atomic E-state index is 1.07.